The Bertz CT molecular complexity index is 578. The largest absolute Gasteiger partial charge is 0.387 e. The highest BCUT2D eigenvalue weighted by molar-refractivity contribution is 7.10. The van der Waals surface area contributed by atoms with Gasteiger partial charge < -0.3 is 10.4 Å². The number of hydrogen-bond acceptors (Lipinski definition) is 5. The summed E-state index contributed by atoms with van der Waals surface area (Å²) in [6, 6.07) is 4.00. The quantitative estimate of drug-likeness (QED) is 0.854. The molecule has 6 nitrogen and oxygen atoms in total. The molecule has 0 bridgehead atoms. The van der Waals surface area contributed by atoms with Gasteiger partial charge in [-0.05, 0) is 24.3 Å². The van der Waals surface area contributed by atoms with Crippen LogP contribution in [0.2, 0.25) is 0 Å². The topological polar surface area (TPSA) is 80.0 Å². The Labute approximate surface area is 127 Å². The van der Waals surface area contributed by atoms with Crippen molar-refractivity contribution in [2.75, 3.05) is 0 Å². The summed E-state index contributed by atoms with van der Waals surface area (Å²) in [6.45, 7) is 5.85. The van der Waals surface area contributed by atoms with Gasteiger partial charge in [0.15, 0.2) is 0 Å². The third kappa shape index (κ3) is 4.12. The average Bonchev–Trinajstić information content (AvgIpc) is 3.06. The fraction of sp³-hybridized carbons (Fsp3) is 0.500. The van der Waals surface area contributed by atoms with Crippen LogP contribution in [-0.2, 0) is 11.3 Å². The van der Waals surface area contributed by atoms with Gasteiger partial charge in [0.2, 0.25) is 5.91 Å². The van der Waals surface area contributed by atoms with Gasteiger partial charge in [-0.15, -0.1) is 16.4 Å². The number of amides is 1. The molecule has 0 spiro atoms. The van der Waals surface area contributed by atoms with Crippen molar-refractivity contribution in [3.63, 3.8) is 0 Å². The Kier molecular flexibility index (Phi) is 5.08. The maximum absolute atomic E-state index is 12.1. The summed E-state index contributed by atoms with van der Waals surface area (Å²) in [7, 11) is 0. The van der Waals surface area contributed by atoms with Crippen molar-refractivity contribution in [2.45, 2.75) is 39.5 Å². The number of hydrogen-bond donors (Lipinski definition) is 2. The van der Waals surface area contributed by atoms with E-state index in [-0.39, 0.29) is 18.5 Å². The van der Waals surface area contributed by atoms with Gasteiger partial charge >= 0.3 is 0 Å². The van der Waals surface area contributed by atoms with Gasteiger partial charge in [-0.1, -0.05) is 25.1 Å². The summed E-state index contributed by atoms with van der Waals surface area (Å²) in [5.41, 5.74) is 0.460. The molecule has 2 rings (SSSR count). The highest BCUT2D eigenvalue weighted by Gasteiger charge is 2.19. The average molecular weight is 308 g/mol. The van der Waals surface area contributed by atoms with Crippen LogP contribution in [0.3, 0.4) is 0 Å². The molecule has 114 valence electrons. The highest BCUT2D eigenvalue weighted by atomic mass is 32.1. The van der Waals surface area contributed by atoms with Crippen LogP contribution in [0, 0.1) is 5.92 Å². The third-order valence-corrected chi connectivity index (χ3v) is 4.08. The molecule has 7 heteroatoms. The summed E-state index contributed by atoms with van der Waals surface area (Å²) in [5.74, 6) is 0.181. The minimum Gasteiger partial charge on any atom is -0.387 e. The second kappa shape index (κ2) is 6.82. The molecule has 0 aromatic carbocycles. The van der Waals surface area contributed by atoms with Crippen molar-refractivity contribution >= 4 is 17.2 Å². The van der Waals surface area contributed by atoms with Crippen LogP contribution in [0.1, 0.15) is 43.5 Å². The van der Waals surface area contributed by atoms with Crippen LogP contribution in [0.4, 0.5) is 0 Å². The normalized spacial score (nSPS) is 14.1. The summed E-state index contributed by atoms with van der Waals surface area (Å²) in [5, 5.41) is 22.1. The van der Waals surface area contributed by atoms with Gasteiger partial charge in [0.05, 0.1) is 18.3 Å². The molecule has 2 aromatic rings. The van der Waals surface area contributed by atoms with Crippen molar-refractivity contribution in [2.24, 2.45) is 5.92 Å². The van der Waals surface area contributed by atoms with Crippen LogP contribution in [0.5, 0.6) is 0 Å². The predicted molar refractivity (Wildman–Crippen MR) is 80.7 cm³/mol. The molecule has 0 aliphatic heterocycles. The molecule has 0 saturated heterocycles. The maximum Gasteiger partial charge on any atom is 0.242 e. The number of nitrogens with one attached hydrogen (secondary N) is 1. The van der Waals surface area contributed by atoms with E-state index >= 15 is 0 Å². The van der Waals surface area contributed by atoms with Crippen molar-refractivity contribution in [1.29, 1.82) is 0 Å². The molecule has 0 fully saturated rings. The summed E-state index contributed by atoms with van der Waals surface area (Å²) in [6.07, 6.45) is 0.899. The van der Waals surface area contributed by atoms with E-state index in [1.165, 1.54) is 4.68 Å². The fourth-order valence-electron chi connectivity index (χ4n) is 1.98. The molecule has 2 aromatic heterocycles. The molecule has 2 atom stereocenters. The number of carbonyl (C=O) groups excluding carboxylic acids is 1. The number of aromatic nitrogens is 3. The lowest BCUT2D eigenvalue weighted by Crippen LogP contribution is -2.33. The lowest BCUT2D eigenvalue weighted by atomic mass is 10.0. The van der Waals surface area contributed by atoms with Crippen molar-refractivity contribution in [3.05, 3.63) is 34.3 Å². The number of aliphatic hydroxyl groups is 1. The van der Waals surface area contributed by atoms with Gasteiger partial charge in [-0.25, -0.2) is 4.68 Å². The monoisotopic (exact) mass is 308 g/mol. The number of thiophene rings is 1. The number of nitrogens with zero attached hydrogens (tertiary/aromatic N) is 3. The first kappa shape index (κ1) is 15.7. The highest BCUT2D eigenvalue weighted by Crippen LogP contribution is 2.25. The van der Waals surface area contributed by atoms with Gasteiger partial charge in [0.1, 0.15) is 12.2 Å². The van der Waals surface area contributed by atoms with E-state index in [9.17, 15) is 9.90 Å². The zero-order chi connectivity index (χ0) is 15.4. The molecule has 2 heterocycles. The SMILES string of the molecule is CC(O)c1cn(CC(=O)NC(c2cccs2)C(C)C)nn1. The lowest BCUT2D eigenvalue weighted by Gasteiger charge is -2.21. The minimum absolute atomic E-state index is 0.00254. The van der Waals surface area contributed by atoms with E-state index < -0.39 is 6.10 Å². The van der Waals surface area contributed by atoms with E-state index in [2.05, 4.69) is 29.5 Å². The molecule has 2 N–H and O–H groups in total. The van der Waals surface area contributed by atoms with E-state index in [1.54, 1.807) is 24.5 Å². The van der Waals surface area contributed by atoms with Crippen molar-refractivity contribution in [1.82, 2.24) is 20.3 Å². The lowest BCUT2D eigenvalue weighted by molar-refractivity contribution is -0.122. The first-order valence-electron chi connectivity index (χ1n) is 6.88. The summed E-state index contributed by atoms with van der Waals surface area (Å²) < 4.78 is 1.43. The van der Waals surface area contributed by atoms with Crippen LogP contribution >= 0.6 is 11.3 Å². The number of aliphatic hydroxyl groups excluding tert-OH is 1. The zero-order valence-electron chi connectivity index (χ0n) is 12.4. The van der Waals surface area contributed by atoms with Crippen molar-refractivity contribution < 1.29 is 9.90 Å². The number of rotatable bonds is 6. The molecule has 0 saturated carbocycles. The van der Waals surface area contributed by atoms with E-state index in [0.717, 1.165) is 4.88 Å². The maximum atomic E-state index is 12.1. The molecule has 2 unspecified atom stereocenters. The Morgan fingerprint density at radius 2 is 2.24 bits per heavy atom. The first-order chi connectivity index (χ1) is 9.97. The minimum atomic E-state index is -0.684. The molecule has 0 aliphatic carbocycles. The van der Waals surface area contributed by atoms with Crippen molar-refractivity contribution in [3.8, 4) is 0 Å². The zero-order valence-corrected chi connectivity index (χ0v) is 13.2. The van der Waals surface area contributed by atoms with Gasteiger partial charge in [0.25, 0.3) is 0 Å². The van der Waals surface area contributed by atoms with Crippen LogP contribution in [-0.4, -0.2) is 26.0 Å². The molecular formula is C14H20N4O2S. The molecule has 1 amide bonds. The summed E-state index contributed by atoms with van der Waals surface area (Å²) >= 11 is 1.63. The van der Waals surface area contributed by atoms with Crippen LogP contribution in [0.15, 0.2) is 23.7 Å². The smallest absolute Gasteiger partial charge is 0.242 e. The second-order valence-electron chi connectivity index (χ2n) is 5.32. The van der Waals surface area contributed by atoms with E-state index in [0.29, 0.717) is 11.6 Å². The molecule has 0 radical (unpaired) electrons. The van der Waals surface area contributed by atoms with Gasteiger partial charge in [-0.3, -0.25) is 4.79 Å². The Morgan fingerprint density at radius 3 is 2.76 bits per heavy atom. The van der Waals surface area contributed by atoms with Crippen LogP contribution < -0.4 is 5.32 Å². The third-order valence-electron chi connectivity index (χ3n) is 3.12. The Balaban J connectivity index is 1.99. The Morgan fingerprint density at radius 1 is 1.48 bits per heavy atom. The predicted octanol–water partition coefficient (Wildman–Crippen LogP) is 1.91. The molecule has 21 heavy (non-hydrogen) atoms. The fourth-order valence-corrected chi connectivity index (χ4v) is 2.93. The molecule has 0 aliphatic rings. The number of carbonyl (C=O) groups is 1. The Hall–Kier alpha value is -1.73. The van der Waals surface area contributed by atoms with Gasteiger partial charge in [-0.2, -0.15) is 0 Å². The van der Waals surface area contributed by atoms with Gasteiger partial charge in [0, 0.05) is 4.88 Å². The van der Waals surface area contributed by atoms with E-state index in [4.69, 9.17) is 0 Å². The first-order valence-corrected chi connectivity index (χ1v) is 7.76. The van der Waals surface area contributed by atoms with Crippen LogP contribution in [0.25, 0.3) is 0 Å². The second-order valence-corrected chi connectivity index (χ2v) is 6.30. The summed E-state index contributed by atoms with van der Waals surface area (Å²) in [4.78, 5) is 13.3. The standard InChI is InChI=1S/C14H20N4O2S/c1-9(2)14(12-5-4-6-21-12)15-13(20)8-18-7-11(10(3)19)16-17-18/h4-7,9-10,14,19H,8H2,1-3H3,(H,15,20). The molecular weight excluding hydrogens is 288 g/mol. The van der Waals surface area contributed by atoms with E-state index in [1.807, 2.05) is 17.5 Å².